The minimum Gasteiger partial charge on any atom is -0.497 e. The van der Waals surface area contributed by atoms with Gasteiger partial charge in [0.2, 0.25) is 21.9 Å². The Morgan fingerprint density at radius 3 is 2.28 bits per heavy atom. The first-order chi connectivity index (χ1) is 18.6. The molecule has 0 aliphatic heterocycles. The molecule has 3 aromatic carbocycles. The van der Waals surface area contributed by atoms with Crippen molar-refractivity contribution in [2.24, 2.45) is 0 Å². The fourth-order valence-corrected chi connectivity index (χ4v) is 5.64. The summed E-state index contributed by atoms with van der Waals surface area (Å²) in [7, 11) is -0.798. The van der Waals surface area contributed by atoms with Crippen molar-refractivity contribution in [3.8, 4) is 28.4 Å². The van der Waals surface area contributed by atoms with Crippen molar-refractivity contribution in [1.82, 2.24) is 13.9 Å². The van der Waals surface area contributed by atoms with Crippen molar-refractivity contribution in [3.05, 3.63) is 84.0 Å². The summed E-state index contributed by atoms with van der Waals surface area (Å²) in [5.74, 6) is 1.03. The van der Waals surface area contributed by atoms with E-state index in [4.69, 9.17) is 21.1 Å². The van der Waals surface area contributed by atoms with Crippen molar-refractivity contribution in [2.75, 3.05) is 26.1 Å². The molecule has 4 rings (SSSR count). The molecule has 0 aliphatic rings. The molecular formula is C28H29ClN4O5S. The molecule has 4 aromatic rings. The quantitative estimate of drug-likeness (QED) is 0.280. The SMILES string of the molecule is COc1ccc(-n2cc(-c3cccc(OC)c3)nc2NC(=O)CN(C(C)C)S(=O)(=O)c2ccc(Cl)cc2)cc1. The molecule has 0 saturated carbocycles. The number of hydrogen-bond acceptors (Lipinski definition) is 6. The standard InChI is InChI=1S/C28H29ClN4O5S/c1-19(2)33(39(35,36)25-14-8-21(29)9-15-25)18-27(34)31-28-30-26(20-6-5-7-24(16-20)38-4)17-32(28)22-10-12-23(37-3)13-11-22/h5-17,19H,18H2,1-4H3,(H,30,31,34). The third-order valence-corrected chi connectivity index (χ3v) is 8.26. The number of ether oxygens (including phenoxy) is 2. The zero-order valence-corrected chi connectivity index (χ0v) is 23.5. The molecule has 1 amide bonds. The summed E-state index contributed by atoms with van der Waals surface area (Å²) in [6.45, 7) is 3.01. The number of carbonyl (C=O) groups excluding carboxylic acids is 1. The predicted molar refractivity (Wildman–Crippen MR) is 151 cm³/mol. The number of hydrogen-bond donors (Lipinski definition) is 1. The van der Waals surface area contributed by atoms with E-state index < -0.39 is 28.5 Å². The number of anilines is 1. The van der Waals surface area contributed by atoms with Crippen molar-refractivity contribution < 1.29 is 22.7 Å². The molecule has 0 radical (unpaired) electrons. The van der Waals surface area contributed by atoms with Gasteiger partial charge in [0.05, 0.1) is 31.4 Å². The van der Waals surface area contributed by atoms with Gasteiger partial charge in [-0.1, -0.05) is 23.7 Å². The molecule has 0 bridgehead atoms. The second-order valence-corrected chi connectivity index (χ2v) is 11.2. The number of benzene rings is 3. The van der Waals surface area contributed by atoms with Crippen LogP contribution < -0.4 is 14.8 Å². The number of rotatable bonds is 10. The van der Waals surface area contributed by atoms with Crippen LogP contribution >= 0.6 is 11.6 Å². The summed E-state index contributed by atoms with van der Waals surface area (Å²) >= 11 is 5.93. The van der Waals surface area contributed by atoms with Gasteiger partial charge in [0.15, 0.2) is 0 Å². The molecule has 1 heterocycles. The first-order valence-corrected chi connectivity index (χ1v) is 13.9. The van der Waals surface area contributed by atoms with Gasteiger partial charge in [-0.2, -0.15) is 4.31 Å². The molecule has 0 unspecified atom stereocenters. The number of aromatic nitrogens is 2. The molecule has 0 aliphatic carbocycles. The van der Waals surface area contributed by atoms with Gasteiger partial charge in [0, 0.05) is 28.5 Å². The molecule has 11 heteroatoms. The highest BCUT2D eigenvalue weighted by atomic mass is 35.5. The number of sulfonamides is 1. The first-order valence-electron chi connectivity index (χ1n) is 12.1. The summed E-state index contributed by atoms with van der Waals surface area (Å²) in [5.41, 5.74) is 2.10. The number of nitrogens with zero attached hydrogens (tertiary/aromatic N) is 3. The largest absolute Gasteiger partial charge is 0.497 e. The van der Waals surface area contributed by atoms with E-state index in [0.717, 1.165) is 15.6 Å². The third kappa shape index (κ3) is 6.42. The first kappa shape index (κ1) is 28.2. The zero-order chi connectivity index (χ0) is 28.2. The van der Waals surface area contributed by atoms with Crippen molar-refractivity contribution >= 4 is 33.5 Å². The summed E-state index contributed by atoms with van der Waals surface area (Å²) in [5, 5.41) is 3.21. The molecular weight excluding hydrogens is 540 g/mol. The van der Waals surface area contributed by atoms with Crippen LogP contribution in [-0.2, 0) is 14.8 Å². The molecule has 0 fully saturated rings. The Balaban J connectivity index is 1.67. The zero-order valence-electron chi connectivity index (χ0n) is 22.0. The highest BCUT2D eigenvalue weighted by molar-refractivity contribution is 7.89. The van der Waals surface area contributed by atoms with Crippen LogP contribution in [0.2, 0.25) is 5.02 Å². The van der Waals surface area contributed by atoms with Crippen molar-refractivity contribution in [1.29, 1.82) is 0 Å². The second-order valence-electron chi connectivity index (χ2n) is 8.90. The Hall–Kier alpha value is -3.86. The van der Waals surface area contributed by atoms with E-state index in [1.807, 2.05) is 36.4 Å². The Labute approximate surface area is 233 Å². The lowest BCUT2D eigenvalue weighted by Crippen LogP contribution is -2.42. The smallest absolute Gasteiger partial charge is 0.243 e. The van der Waals surface area contributed by atoms with Crippen LogP contribution in [0.4, 0.5) is 5.95 Å². The number of amides is 1. The number of halogens is 1. The van der Waals surface area contributed by atoms with Crippen molar-refractivity contribution in [2.45, 2.75) is 24.8 Å². The van der Waals surface area contributed by atoms with Crippen LogP contribution in [0.15, 0.2) is 83.9 Å². The lowest BCUT2D eigenvalue weighted by atomic mass is 10.1. The Bertz CT molecular complexity index is 1550. The summed E-state index contributed by atoms with van der Waals surface area (Å²) in [6.07, 6.45) is 1.79. The summed E-state index contributed by atoms with van der Waals surface area (Å²) in [4.78, 5) is 18.0. The van der Waals surface area contributed by atoms with Crippen LogP contribution in [0, 0.1) is 0 Å². The van der Waals surface area contributed by atoms with Crippen molar-refractivity contribution in [3.63, 3.8) is 0 Å². The lowest BCUT2D eigenvalue weighted by Gasteiger charge is -2.25. The lowest BCUT2D eigenvalue weighted by molar-refractivity contribution is -0.116. The highest BCUT2D eigenvalue weighted by Gasteiger charge is 2.29. The minimum absolute atomic E-state index is 0.0495. The number of imidazole rings is 1. The van der Waals surface area contributed by atoms with Gasteiger partial charge in [-0.05, 0) is 74.5 Å². The summed E-state index contributed by atoms with van der Waals surface area (Å²) < 4.78 is 40.1. The van der Waals surface area contributed by atoms with Gasteiger partial charge in [-0.15, -0.1) is 0 Å². The Kier molecular flexibility index (Phi) is 8.59. The monoisotopic (exact) mass is 568 g/mol. The van der Waals surface area contributed by atoms with Gasteiger partial charge < -0.3 is 9.47 Å². The number of methoxy groups -OCH3 is 2. The fourth-order valence-electron chi connectivity index (χ4n) is 3.92. The maximum atomic E-state index is 13.3. The molecule has 1 N–H and O–H groups in total. The fraction of sp³-hybridized carbons (Fsp3) is 0.214. The van der Waals surface area contributed by atoms with E-state index in [1.165, 1.54) is 24.3 Å². The maximum Gasteiger partial charge on any atom is 0.243 e. The molecule has 0 atom stereocenters. The topological polar surface area (TPSA) is 103 Å². The van der Waals surface area contributed by atoms with Crippen LogP contribution in [0.1, 0.15) is 13.8 Å². The van der Waals surface area contributed by atoms with E-state index in [-0.39, 0.29) is 10.8 Å². The van der Waals surface area contributed by atoms with E-state index in [0.29, 0.717) is 22.2 Å². The molecule has 0 saturated heterocycles. The second kappa shape index (κ2) is 11.9. The summed E-state index contributed by atoms with van der Waals surface area (Å²) in [6, 6.07) is 20.0. The normalized spacial score (nSPS) is 11.6. The Morgan fingerprint density at radius 1 is 1.00 bits per heavy atom. The Morgan fingerprint density at radius 2 is 1.67 bits per heavy atom. The van der Waals surface area contributed by atoms with Gasteiger partial charge in [-0.25, -0.2) is 13.4 Å². The molecule has 0 spiro atoms. The highest BCUT2D eigenvalue weighted by Crippen LogP contribution is 2.28. The van der Waals surface area contributed by atoms with Crippen LogP contribution in [0.5, 0.6) is 11.5 Å². The van der Waals surface area contributed by atoms with E-state index in [1.54, 1.807) is 51.0 Å². The maximum absolute atomic E-state index is 13.3. The predicted octanol–water partition coefficient (Wildman–Crippen LogP) is 5.25. The molecule has 9 nitrogen and oxygen atoms in total. The molecule has 204 valence electrons. The minimum atomic E-state index is -3.96. The van der Waals surface area contributed by atoms with E-state index >= 15 is 0 Å². The average molecular weight is 569 g/mol. The number of carbonyl (C=O) groups is 1. The van der Waals surface area contributed by atoms with E-state index in [9.17, 15) is 13.2 Å². The van der Waals surface area contributed by atoms with E-state index in [2.05, 4.69) is 10.3 Å². The van der Waals surface area contributed by atoms with Crippen LogP contribution in [0.25, 0.3) is 16.9 Å². The molecule has 39 heavy (non-hydrogen) atoms. The van der Waals surface area contributed by atoms with Gasteiger partial charge in [-0.3, -0.25) is 14.7 Å². The van der Waals surface area contributed by atoms with Gasteiger partial charge in [0.25, 0.3) is 0 Å². The van der Waals surface area contributed by atoms with Gasteiger partial charge >= 0.3 is 0 Å². The molecule has 1 aromatic heterocycles. The van der Waals surface area contributed by atoms with Crippen LogP contribution in [-0.4, -0.2) is 55.0 Å². The van der Waals surface area contributed by atoms with Crippen LogP contribution in [0.3, 0.4) is 0 Å². The van der Waals surface area contributed by atoms with Gasteiger partial charge in [0.1, 0.15) is 11.5 Å². The number of nitrogens with one attached hydrogen (secondary N) is 1. The average Bonchev–Trinajstić information content (AvgIpc) is 3.35. The third-order valence-electron chi connectivity index (χ3n) is 5.97.